The molecule has 0 unspecified atom stereocenters. The van der Waals surface area contributed by atoms with Gasteiger partial charge in [-0.2, -0.15) is 12.6 Å². The Hall–Kier alpha value is -0.380. The molecule has 0 atom stereocenters. The van der Waals surface area contributed by atoms with Crippen molar-refractivity contribution in [2.75, 3.05) is 12.3 Å². The fourth-order valence-electron chi connectivity index (χ4n) is 1.41. The van der Waals surface area contributed by atoms with Crippen molar-refractivity contribution in [1.29, 1.82) is 0 Å². The van der Waals surface area contributed by atoms with Crippen LogP contribution in [-0.2, 0) is 10.2 Å². The predicted octanol–water partition coefficient (Wildman–Crippen LogP) is 3.32. The molecule has 1 aromatic carbocycles. The van der Waals surface area contributed by atoms with E-state index in [4.69, 9.17) is 23.2 Å². The van der Waals surface area contributed by atoms with E-state index in [0.717, 1.165) is 5.56 Å². The van der Waals surface area contributed by atoms with Gasteiger partial charge in [-0.05, 0) is 31.5 Å². The fraction of sp³-hybridized carbons (Fsp3) is 0.417. The number of amides is 1. The third-order valence-electron chi connectivity index (χ3n) is 2.61. The second kappa shape index (κ2) is 5.98. The Kier molecular flexibility index (Phi) is 5.17. The van der Waals surface area contributed by atoms with Crippen molar-refractivity contribution in [3.63, 3.8) is 0 Å². The highest BCUT2D eigenvalue weighted by Gasteiger charge is 2.29. The first kappa shape index (κ1) is 14.7. The molecule has 5 heteroatoms. The standard InChI is InChI=1S/C12H15Cl2NOS/c1-12(2,11(16)15-5-6-17)8-3-4-9(13)10(14)7-8/h3-4,7,17H,5-6H2,1-2H3,(H,15,16). The normalized spacial score (nSPS) is 11.4. The molecule has 0 aliphatic heterocycles. The lowest BCUT2D eigenvalue weighted by Crippen LogP contribution is -2.40. The molecule has 1 N–H and O–H groups in total. The lowest BCUT2D eigenvalue weighted by Gasteiger charge is -2.24. The number of carbonyl (C=O) groups excluding carboxylic acids is 1. The Morgan fingerprint density at radius 2 is 2.00 bits per heavy atom. The highest BCUT2D eigenvalue weighted by molar-refractivity contribution is 7.80. The zero-order chi connectivity index (χ0) is 13.1. The molecule has 0 aromatic heterocycles. The number of rotatable bonds is 4. The quantitative estimate of drug-likeness (QED) is 0.819. The first-order chi connectivity index (χ1) is 7.89. The zero-order valence-corrected chi connectivity index (χ0v) is 12.2. The molecule has 17 heavy (non-hydrogen) atoms. The van der Waals surface area contributed by atoms with Crippen LogP contribution in [0.15, 0.2) is 18.2 Å². The molecule has 1 rings (SSSR count). The topological polar surface area (TPSA) is 29.1 Å². The van der Waals surface area contributed by atoms with Gasteiger partial charge >= 0.3 is 0 Å². The van der Waals surface area contributed by atoms with E-state index in [0.29, 0.717) is 22.3 Å². The summed E-state index contributed by atoms with van der Waals surface area (Å²) in [4.78, 5) is 12.0. The maximum Gasteiger partial charge on any atom is 0.230 e. The Bertz CT molecular complexity index is 421. The molecule has 94 valence electrons. The SMILES string of the molecule is CC(C)(C(=O)NCCS)c1ccc(Cl)c(Cl)c1. The van der Waals surface area contributed by atoms with Crippen LogP contribution in [0, 0.1) is 0 Å². The Balaban J connectivity index is 2.95. The number of halogens is 2. The van der Waals surface area contributed by atoms with Crippen LogP contribution in [0.1, 0.15) is 19.4 Å². The molecule has 0 aliphatic rings. The maximum absolute atomic E-state index is 12.0. The highest BCUT2D eigenvalue weighted by Crippen LogP contribution is 2.30. The minimum absolute atomic E-state index is 0.0510. The molecule has 1 amide bonds. The van der Waals surface area contributed by atoms with Crippen LogP contribution in [0.4, 0.5) is 0 Å². The number of hydrogen-bond donors (Lipinski definition) is 2. The molecule has 0 fully saturated rings. The maximum atomic E-state index is 12.0. The monoisotopic (exact) mass is 291 g/mol. The number of hydrogen-bond acceptors (Lipinski definition) is 2. The molecule has 0 aliphatic carbocycles. The van der Waals surface area contributed by atoms with E-state index < -0.39 is 5.41 Å². The summed E-state index contributed by atoms with van der Waals surface area (Å²) in [6, 6.07) is 5.24. The van der Waals surface area contributed by atoms with Crippen molar-refractivity contribution >= 4 is 41.7 Å². The summed E-state index contributed by atoms with van der Waals surface area (Å²) < 4.78 is 0. The molecular weight excluding hydrogens is 277 g/mol. The summed E-state index contributed by atoms with van der Waals surface area (Å²) in [6.07, 6.45) is 0. The summed E-state index contributed by atoms with van der Waals surface area (Å²) in [7, 11) is 0. The number of thiol groups is 1. The summed E-state index contributed by atoms with van der Waals surface area (Å²) >= 11 is 15.9. The van der Waals surface area contributed by atoms with Gasteiger partial charge in [0.05, 0.1) is 15.5 Å². The van der Waals surface area contributed by atoms with Crippen molar-refractivity contribution in [1.82, 2.24) is 5.32 Å². The van der Waals surface area contributed by atoms with Crippen LogP contribution in [0.2, 0.25) is 10.0 Å². The largest absolute Gasteiger partial charge is 0.355 e. The average Bonchev–Trinajstić information content (AvgIpc) is 2.29. The van der Waals surface area contributed by atoms with Crippen LogP contribution in [0.25, 0.3) is 0 Å². The number of benzene rings is 1. The second-order valence-corrected chi connectivity index (χ2v) is 5.50. The van der Waals surface area contributed by atoms with E-state index in [1.807, 2.05) is 19.9 Å². The van der Waals surface area contributed by atoms with Crippen LogP contribution in [0.5, 0.6) is 0 Å². The molecular formula is C12H15Cl2NOS. The lowest BCUT2D eigenvalue weighted by atomic mass is 9.84. The minimum atomic E-state index is -0.642. The first-order valence-corrected chi connectivity index (χ1v) is 6.63. The molecule has 1 aromatic rings. The summed E-state index contributed by atoms with van der Waals surface area (Å²) in [5, 5.41) is 3.76. The molecule has 0 heterocycles. The Morgan fingerprint density at radius 3 is 2.53 bits per heavy atom. The lowest BCUT2D eigenvalue weighted by molar-refractivity contribution is -0.125. The van der Waals surface area contributed by atoms with Gasteiger partial charge in [0, 0.05) is 12.3 Å². The molecule has 0 saturated heterocycles. The van der Waals surface area contributed by atoms with Gasteiger partial charge < -0.3 is 5.32 Å². The van der Waals surface area contributed by atoms with Crippen LogP contribution in [0.3, 0.4) is 0 Å². The second-order valence-electron chi connectivity index (χ2n) is 4.23. The fourth-order valence-corrected chi connectivity index (χ4v) is 1.82. The van der Waals surface area contributed by atoms with Crippen LogP contribution < -0.4 is 5.32 Å². The van der Waals surface area contributed by atoms with Gasteiger partial charge in [0.15, 0.2) is 0 Å². The van der Waals surface area contributed by atoms with E-state index in [-0.39, 0.29) is 5.91 Å². The van der Waals surface area contributed by atoms with Gasteiger partial charge in [-0.25, -0.2) is 0 Å². The Morgan fingerprint density at radius 1 is 1.35 bits per heavy atom. The van der Waals surface area contributed by atoms with Gasteiger partial charge in [-0.15, -0.1) is 0 Å². The number of carbonyl (C=O) groups is 1. The van der Waals surface area contributed by atoms with Crippen molar-refractivity contribution < 1.29 is 4.79 Å². The molecule has 0 radical (unpaired) electrons. The predicted molar refractivity (Wildman–Crippen MR) is 76.4 cm³/mol. The van der Waals surface area contributed by atoms with E-state index in [2.05, 4.69) is 17.9 Å². The highest BCUT2D eigenvalue weighted by atomic mass is 35.5. The van der Waals surface area contributed by atoms with Crippen LogP contribution in [-0.4, -0.2) is 18.2 Å². The molecule has 0 bridgehead atoms. The molecule has 0 saturated carbocycles. The first-order valence-electron chi connectivity index (χ1n) is 5.24. The average molecular weight is 292 g/mol. The Labute approximate surface area is 117 Å². The van der Waals surface area contributed by atoms with E-state index >= 15 is 0 Å². The molecule has 0 spiro atoms. The van der Waals surface area contributed by atoms with Gasteiger partial charge in [-0.3, -0.25) is 4.79 Å². The summed E-state index contributed by atoms with van der Waals surface area (Å²) in [5.41, 5.74) is 0.195. The number of nitrogens with one attached hydrogen (secondary N) is 1. The van der Waals surface area contributed by atoms with E-state index in [1.165, 1.54) is 0 Å². The van der Waals surface area contributed by atoms with Gasteiger partial charge in [-0.1, -0.05) is 29.3 Å². The summed E-state index contributed by atoms with van der Waals surface area (Å²) in [6.45, 7) is 4.24. The van der Waals surface area contributed by atoms with Crippen LogP contribution >= 0.6 is 35.8 Å². The van der Waals surface area contributed by atoms with Gasteiger partial charge in [0.25, 0.3) is 0 Å². The third-order valence-corrected chi connectivity index (χ3v) is 3.57. The van der Waals surface area contributed by atoms with Crippen molar-refractivity contribution in [2.24, 2.45) is 0 Å². The minimum Gasteiger partial charge on any atom is -0.355 e. The van der Waals surface area contributed by atoms with Gasteiger partial charge in [0.1, 0.15) is 0 Å². The summed E-state index contributed by atoms with van der Waals surface area (Å²) in [5.74, 6) is 0.563. The van der Waals surface area contributed by atoms with E-state index in [1.54, 1.807) is 12.1 Å². The van der Waals surface area contributed by atoms with Crippen molar-refractivity contribution in [3.05, 3.63) is 33.8 Å². The third kappa shape index (κ3) is 3.54. The van der Waals surface area contributed by atoms with Crippen molar-refractivity contribution in [2.45, 2.75) is 19.3 Å². The smallest absolute Gasteiger partial charge is 0.230 e. The molecule has 2 nitrogen and oxygen atoms in total. The van der Waals surface area contributed by atoms with E-state index in [9.17, 15) is 4.79 Å². The van der Waals surface area contributed by atoms with Crippen molar-refractivity contribution in [3.8, 4) is 0 Å². The van der Waals surface area contributed by atoms with Gasteiger partial charge in [0.2, 0.25) is 5.91 Å². The zero-order valence-electron chi connectivity index (χ0n) is 9.76.